The molecule has 0 spiro atoms. The molecule has 0 N–H and O–H groups in total. The Kier molecular flexibility index (Phi) is 6.69. The van der Waals surface area contributed by atoms with Gasteiger partial charge in [0.1, 0.15) is 17.0 Å². The van der Waals surface area contributed by atoms with Crippen LogP contribution in [0.4, 0.5) is 0 Å². The van der Waals surface area contributed by atoms with Crippen LogP contribution >= 0.6 is 0 Å². The number of nitrogens with zero attached hydrogens (tertiary/aromatic N) is 2. The maximum Gasteiger partial charge on any atom is 0.145 e. The van der Waals surface area contributed by atoms with Crippen molar-refractivity contribution in [1.29, 1.82) is 0 Å². The highest BCUT2D eigenvalue weighted by molar-refractivity contribution is 6.06. The van der Waals surface area contributed by atoms with E-state index in [1.54, 1.807) is 0 Å². The summed E-state index contributed by atoms with van der Waals surface area (Å²) in [7, 11) is 0. The van der Waals surface area contributed by atoms with E-state index >= 15 is 0 Å². The monoisotopic (exact) mass is 562 g/mol. The molecule has 0 aliphatic carbocycles. The number of para-hydroxylation sites is 2. The number of aromatic nitrogens is 2. The molecule has 0 atom stereocenters. The molecule has 0 bridgehead atoms. The van der Waals surface area contributed by atoms with Gasteiger partial charge in [0, 0.05) is 16.3 Å². The van der Waals surface area contributed by atoms with E-state index in [1.807, 2.05) is 0 Å². The maximum absolute atomic E-state index is 6.28. The summed E-state index contributed by atoms with van der Waals surface area (Å²) in [6, 6.07) is 37.1. The standard InChI is InChI=1S/C40H38N2O/c1-24(2)28-16-18-37-33(20-28)34-21-29(17-19-38(34)43-37)40-41-35-14-10-11-15-36(35)42(40)39-31(25(3)4)22-30(23-32(39)26(5)6)27-12-8-7-9-13-27/h7-26H,1-6H3. The molecule has 5 aromatic carbocycles. The van der Waals surface area contributed by atoms with Crippen LogP contribution in [0, 0.1) is 0 Å². The molecule has 2 heterocycles. The Bertz CT molecular complexity index is 2080. The van der Waals surface area contributed by atoms with Crippen molar-refractivity contribution in [2.24, 2.45) is 0 Å². The van der Waals surface area contributed by atoms with Gasteiger partial charge in [0.15, 0.2) is 0 Å². The molecular weight excluding hydrogens is 524 g/mol. The van der Waals surface area contributed by atoms with Gasteiger partial charge < -0.3 is 4.42 Å². The minimum atomic E-state index is 0.319. The number of imidazole rings is 1. The summed E-state index contributed by atoms with van der Waals surface area (Å²) in [5, 5.41) is 2.28. The van der Waals surface area contributed by atoms with E-state index in [9.17, 15) is 0 Å². The van der Waals surface area contributed by atoms with Crippen LogP contribution in [0.25, 0.3) is 61.2 Å². The molecule has 0 saturated carbocycles. The first-order chi connectivity index (χ1) is 20.8. The fourth-order valence-corrected chi connectivity index (χ4v) is 6.35. The summed E-state index contributed by atoms with van der Waals surface area (Å²) in [6.45, 7) is 13.7. The lowest BCUT2D eigenvalue weighted by atomic mass is 9.88. The topological polar surface area (TPSA) is 31.0 Å². The third-order valence-corrected chi connectivity index (χ3v) is 8.72. The Morgan fingerprint density at radius 2 is 1.19 bits per heavy atom. The molecule has 7 aromatic rings. The number of fused-ring (bicyclic) bond motifs is 4. The van der Waals surface area contributed by atoms with Gasteiger partial charge in [0.2, 0.25) is 0 Å². The van der Waals surface area contributed by atoms with E-state index in [0.29, 0.717) is 17.8 Å². The molecule has 7 rings (SSSR count). The van der Waals surface area contributed by atoms with E-state index in [-0.39, 0.29) is 0 Å². The summed E-state index contributed by atoms with van der Waals surface area (Å²) in [5.74, 6) is 2.04. The summed E-state index contributed by atoms with van der Waals surface area (Å²) < 4.78 is 8.70. The van der Waals surface area contributed by atoms with E-state index < -0.39 is 0 Å². The Hall–Kier alpha value is -4.63. The lowest BCUT2D eigenvalue weighted by Gasteiger charge is -2.24. The molecule has 0 amide bonds. The molecule has 0 aliphatic heterocycles. The van der Waals surface area contributed by atoms with Crippen LogP contribution in [0.1, 0.15) is 76.0 Å². The average molecular weight is 563 g/mol. The van der Waals surface area contributed by atoms with E-state index in [0.717, 1.165) is 44.4 Å². The first-order valence-corrected chi connectivity index (χ1v) is 15.5. The van der Waals surface area contributed by atoms with Crippen molar-refractivity contribution in [3.63, 3.8) is 0 Å². The van der Waals surface area contributed by atoms with Crippen molar-refractivity contribution in [2.45, 2.75) is 59.3 Å². The zero-order valence-corrected chi connectivity index (χ0v) is 25.8. The number of hydrogen-bond donors (Lipinski definition) is 0. The lowest BCUT2D eigenvalue weighted by molar-refractivity contribution is 0.668. The summed E-state index contributed by atoms with van der Waals surface area (Å²) >= 11 is 0. The molecule has 0 saturated heterocycles. The molecular formula is C40H38N2O. The zero-order chi connectivity index (χ0) is 29.8. The van der Waals surface area contributed by atoms with Crippen LogP contribution < -0.4 is 0 Å². The van der Waals surface area contributed by atoms with Gasteiger partial charge in [-0.2, -0.15) is 0 Å². The highest BCUT2D eigenvalue weighted by Gasteiger charge is 2.24. The van der Waals surface area contributed by atoms with Gasteiger partial charge in [0.05, 0.1) is 16.7 Å². The van der Waals surface area contributed by atoms with Crippen LogP contribution in [0.2, 0.25) is 0 Å². The predicted octanol–water partition coefficient (Wildman–Crippen LogP) is 11.6. The lowest BCUT2D eigenvalue weighted by Crippen LogP contribution is -2.09. The molecule has 0 aliphatic rings. The largest absolute Gasteiger partial charge is 0.456 e. The van der Waals surface area contributed by atoms with Crippen molar-refractivity contribution < 1.29 is 4.42 Å². The molecule has 214 valence electrons. The van der Waals surface area contributed by atoms with Crippen molar-refractivity contribution in [1.82, 2.24) is 9.55 Å². The molecule has 0 unspecified atom stereocenters. The Morgan fingerprint density at radius 1 is 0.558 bits per heavy atom. The van der Waals surface area contributed by atoms with Crippen molar-refractivity contribution in [3.05, 3.63) is 120 Å². The van der Waals surface area contributed by atoms with Crippen molar-refractivity contribution in [3.8, 4) is 28.2 Å². The van der Waals surface area contributed by atoms with E-state index in [2.05, 4.69) is 149 Å². The van der Waals surface area contributed by atoms with Crippen LogP contribution in [0.3, 0.4) is 0 Å². The second-order valence-electron chi connectivity index (χ2n) is 12.7. The average Bonchev–Trinajstić information content (AvgIpc) is 3.58. The summed E-state index contributed by atoms with van der Waals surface area (Å²) in [6.07, 6.45) is 0. The minimum absolute atomic E-state index is 0.319. The van der Waals surface area contributed by atoms with Crippen molar-refractivity contribution in [2.75, 3.05) is 0 Å². The quantitative estimate of drug-likeness (QED) is 0.202. The van der Waals surface area contributed by atoms with Gasteiger partial charge in [-0.15, -0.1) is 0 Å². The molecule has 43 heavy (non-hydrogen) atoms. The summed E-state index contributed by atoms with van der Waals surface area (Å²) in [4.78, 5) is 5.29. The van der Waals surface area contributed by atoms with Gasteiger partial charge >= 0.3 is 0 Å². The van der Waals surface area contributed by atoms with Gasteiger partial charge in [-0.05, 0) is 100 Å². The Morgan fingerprint density at radius 3 is 1.86 bits per heavy atom. The van der Waals surface area contributed by atoms with Crippen molar-refractivity contribution >= 4 is 33.0 Å². The predicted molar refractivity (Wildman–Crippen MR) is 181 cm³/mol. The third kappa shape index (κ3) is 4.64. The normalized spacial score (nSPS) is 12.1. The molecule has 0 radical (unpaired) electrons. The summed E-state index contributed by atoms with van der Waals surface area (Å²) in [5.41, 5.74) is 12.7. The van der Waals surface area contributed by atoms with E-state index in [1.165, 1.54) is 33.5 Å². The van der Waals surface area contributed by atoms with Gasteiger partial charge in [-0.25, -0.2) is 4.98 Å². The minimum Gasteiger partial charge on any atom is -0.456 e. The second-order valence-corrected chi connectivity index (χ2v) is 12.7. The van der Waals surface area contributed by atoms with Crippen LogP contribution in [-0.2, 0) is 0 Å². The highest BCUT2D eigenvalue weighted by atomic mass is 16.3. The van der Waals surface area contributed by atoms with Crippen LogP contribution in [0.5, 0.6) is 0 Å². The fraction of sp³-hybridized carbons (Fsp3) is 0.225. The van der Waals surface area contributed by atoms with E-state index in [4.69, 9.17) is 9.40 Å². The SMILES string of the molecule is CC(C)c1ccc2oc3ccc(-c4nc5ccccc5n4-c4c(C(C)C)cc(-c5ccccc5)cc4C(C)C)cc3c2c1. The van der Waals surface area contributed by atoms with Crippen LogP contribution in [-0.4, -0.2) is 9.55 Å². The highest BCUT2D eigenvalue weighted by Crippen LogP contribution is 2.41. The Balaban J connectivity index is 1.53. The number of rotatable bonds is 6. The maximum atomic E-state index is 6.28. The smallest absolute Gasteiger partial charge is 0.145 e. The van der Waals surface area contributed by atoms with Gasteiger partial charge in [0.25, 0.3) is 0 Å². The fourth-order valence-electron chi connectivity index (χ4n) is 6.35. The number of benzene rings is 5. The number of furan rings is 1. The molecule has 0 fully saturated rings. The Labute approximate surface area is 253 Å². The first-order valence-electron chi connectivity index (χ1n) is 15.5. The second kappa shape index (κ2) is 10.6. The molecule has 3 nitrogen and oxygen atoms in total. The molecule has 3 heteroatoms. The third-order valence-electron chi connectivity index (χ3n) is 8.72. The van der Waals surface area contributed by atoms with Gasteiger partial charge in [-0.1, -0.05) is 90.1 Å². The first kappa shape index (κ1) is 27.2. The van der Waals surface area contributed by atoms with Crippen LogP contribution in [0.15, 0.2) is 108 Å². The molecule has 2 aromatic heterocycles. The number of hydrogen-bond acceptors (Lipinski definition) is 2. The zero-order valence-electron chi connectivity index (χ0n) is 25.8. The van der Waals surface area contributed by atoms with Gasteiger partial charge in [-0.3, -0.25) is 4.57 Å².